The molecule has 2 aromatic rings. The fourth-order valence-electron chi connectivity index (χ4n) is 3.03. The van der Waals surface area contributed by atoms with E-state index in [0.29, 0.717) is 6.54 Å². The van der Waals surface area contributed by atoms with Crippen LogP contribution in [-0.4, -0.2) is 24.0 Å². The van der Waals surface area contributed by atoms with Gasteiger partial charge in [-0.15, -0.1) is 0 Å². The van der Waals surface area contributed by atoms with Gasteiger partial charge in [0.2, 0.25) is 0 Å². The number of nitrogens with zero attached hydrogens (tertiary/aromatic N) is 2. The highest BCUT2D eigenvalue weighted by Crippen LogP contribution is 2.49. The summed E-state index contributed by atoms with van der Waals surface area (Å²) in [7, 11) is 0. The van der Waals surface area contributed by atoms with E-state index in [1.165, 1.54) is 22.9 Å². The third-order valence-electron chi connectivity index (χ3n) is 4.58. The molecule has 1 aliphatic rings. The Morgan fingerprint density at radius 2 is 1.96 bits per heavy atom. The van der Waals surface area contributed by atoms with Gasteiger partial charge < -0.3 is 10.6 Å². The molecule has 1 heterocycles. The lowest BCUT2D eigenvalue weighted by molar-refractivity contribution is 0.643. The monoisotopic (exact) mass is 400 g/mol. The van der Waals surface area contributed by atoms with E-state index >= 15 is 0 Å². The van der Waals surface area contributed by atoms with E-state index in [4.69, 9.17) is 4.99 Å². The molecule has 5 heteroatoms. The molecule has 1 aromatic carbocycles. The van der Waals surface area contributed by atoms with Gasteiger partial charge >= 0.3 is 0 Å². The Hall–Kier alpha value is -1.88. The van der Waals surface area contributed by atoms with Crippen LogP contribution in [0.2, 0.25) is 0 Å². The number of aromatic nitrogens is 1. The molecule has 2 N–H and O–H groups in total. The van der Waals surface area contributed by atoms with E-state index in [0.717, 1.165) is 30.4 Å². The predicted octanol–water partition coefficient (Wildman–Crippen LogP) is 3.94. The summed E-state index contributed by atoms with van der Waals surface area (Å²) in [5.41, 5.74) is 3.62. The summed E-state index contributed by atoms with van der Waals surface area (Å²) in [5.74, 6) is 0.851. The molecule has 0 unspecified atom stereocenters. The molecule has 1 aromatic heterocycles. The van der Waals surface area contributed by atoms with Crippen molar-refractivity contribution in [2.24, 2.45) is 4.99 Å². The smallest absolute Gasteiger partial charge is 0.191 e. The Kier molecular flexibility index (Phi) is 5.74. The Balaban J connectivity index is 1.66. The van der Waals surface area contributed by atoms with Crippen LogP contribution in [0.15, 0.2) is 51.9 Å². The number of aliphatic imine (C=N–C) groups is 1. The number of hydrogen-bond acceptors (Lipinski definition) is 2. The largest absolute Gasteiger partial charge is 0.357 e. The van der Waals surface area contributed by atoms with Crippen LogP contribution in [0.4, 0.5) is 0 Å². The minimum absolute atomic E-state index is 0.220. The van der Waals surface area contributed by atoms with Crippen LogP contribution in [0.1, 0.15) is 36.7 Å². The van der Waals surface area contributed by atoms with Crippen LogP contribution >= 0.6 is 15.9 Å². The molecule has 1 fully saturated rings. The van der Waals surface area contributed by atoms with Crippen molar-refractivity contribution in [1.29, 1.82) is 0 Å². The van der Waals surface area contributed by atoms with E-state index in [9.17, 15) is 0 Å². The van der Waals surface area contributed by atoms with Crippen molar-refractivity contribution in [3.05, 3.63) is 63.9 Å². The Bertz CT molecular complexity index is 753. The highest BCUT2D eigenvalue weighted by atomic mass is 79.9. The van der Waals surface area contributed by atoms with Crippen LogP contribution in [0.25, 0.3) is 0 Å². The van der Waals surface area contributed by atoms with Crippen molar-refractivity contribution in [2.45, 2.75) is 38.6 Å². The number of guanidine groups is 1. The van der Waals surface area contributed by atoms with Crippen LogP contribution in [0.3, 0.4) is 0 Å². The minimum Gasteiger partial charge on any atom is -0.357 e. The second-order valence-electron chi connectivity index (χ2n) is 6.58. The lowest BCUT2D eigenvalue weighted by Crippen LogP contribution is -2.41. The van der Waals surface area contributed by atoms with Crippen molar-refractivity contribution in [2.75, 3.05) is 13.1 Å². The van der Waals surface area contributed by atoms with Gasteiger partial charge in [0.05, 0.1) is 12.2 Å². The molecule has 132 valence electrons. The summed E-state index contributed by atoms with van der Waals surface area (Å²) in [6.07, 6.45) is 2.42. The van der Waals surface area contributed by atoms with E-state index in [1.54, 1.807) is 0 Å². The maximum absolute atomic E-state index is 4.69. The summed E-state index contributed by atoms with van der Waals surface area (Å²) in [4.78, 5) is 9.21. The zero-order valence-electron chi connectivity index (χ0n) is 14.8. The number of nitrogens with one attached hydrogen (secondary N) is 2. The van der Waals surface area contributed by atoms with Crippen molar-refractivity contribution in [3.8, 4) is 0 Å². The maximum Gasteiger partial charge on any atom is 0.191 e. The summed E-state index contributed by atoms with van der Waals surface area (Å²) in [5, 5.41) is 6.86. The molecule has 0 saturated heterocycles. The Morgan fingerprint density at radius 1 is 1.16 bits per heavy atom. The normalized spacial score (nSPS) is 15.7. The number of halogens is 1. The second-order valence-corrected chi connectivity index (χ2v) is 7.43. The van der Waals surface area contributed by atoms with E-state index in [2.05, 4.69) is 62.7 Å². The van der Waals surface area contributed by atoms with Gasteiger partial charge in [0.1, 0.15) is 0 Å². The highest BCUT2D eigenvalue weighted by molar-refractivity contribution is 9.10. The predicted molar refractivity (Wildman–Crippen MR) is 107 cm³/mol. The summed E-state index contributed by atoms with van der Waals surface area (Å²) in [6.45, 7) is 6.41. The van der Waals surface area contributed by atoms with E-state index in [-0.39, 0.29) is 5.41 Å². The Morgan fingerprint density at radius 3 is 2.64 bits per heavy atom. The first kappa shape index (κ1) is 17.9. The van der Waals surface area contributed by atoms with Crippen molar-refractivity contribution in [3.63, 3.8) is 0 Å². The van der Waals surface area contributed by atoms with Crippen LogP contribution < -0.4 is 10.6 Å². The molecule has 0 radical (unpaired) electrons. The molecule has 3 rings (SSSR count). The number of pyridine rings is 1. The molecule has 0 spiro atoms. The minimum atomic E-state index is 0.220. The molecule has 1 saturated carbocycles. The molecule has 4 nitrogen and oxygen atoms in total. The lowest BCUT2D eigenvalue weighted by atomic mass is 9.96. The number of aryl methyl sites for hydroxylation is 1. The third kappa shape index (κ3) is 4.60. The molecule has 0 aliphatic heterocycles. The van der Waals surface area contributed by atoms with Gasteiger partial charge in [0, 0.05) is 28.7 Å². The summed E-state index contributed by atoms with van der Waals surface area (Å²) < 4.78 is 1.19. The van der Waals surface area contributed by atoms with Crippen LogP contribution in [-0.2, 0) is 12.0 Å². The van der Waals surface area contributed by atoms with Crippen LogP contribution in [0.5, 0.6) is 0 Å². The molecular formula is C20H25BrN4. The molecule has 0 amide bonds. The van der Waals surface area contributed by atoms with Gasteiger partial charge in [-0.1, -0.05) is 40.2 Å². The molecule has 25 heavy (non-hydrogen) atoms. The fourth-order valence-corrected chi connectivity index (χ4v) is 3.73. The summed E-state index contributed by atoms with van der Waals surface area (Å²) >= 11 is 3.70. The van der Waals surface area contributed by atoms with Gasteiger partial charge in [0.25, 0.3) is 0 Å². The average molecular weight is 401 g/mol. The average Bonchev–Trinajstić information content (AvgIpc) is 3.39. The highest BCUT2D eigenvalue weighted by Gasteiger charge is 2.45. The topological polar surface area (TPSA) is 49.3 Å². The van der Waals surface area contributed by atoms with Crippen molar-refractivity contribution >= 4 is 21.9 Å². The van der Waals surface area contributed by atoms with E-state index in [1.807, 2.05) is 25.1 Å². The summed E-state index contributed by atoms with van der Waals surface area (Å²) in [6, 6.07) is 14.6. The van der Waals surface area contributed by atoms with Gasteiger partial charge in [0.15, 0.2) is 5.96 Å². The third-order valence-corrected chi connectivity index (χ3v) is 5.27. The first-order valence-electron chi connectivity index (χ1n) is 8.83. The molecule has 0 bridgehead atoms. The molecule has 1 aliphatic carbocycles. The first-order chi connectivity index (χ1) is 12.1. The number of rotatable bonds is 6. The van der Waals surface area contributed by atoms with Gasteiger partial charge in [-0.05, 0) is 50.5 Å². The standard InChI is InChI=1S/C20H25BrN4/c1-3-22-19(23-13-16-8-6-7-15(2)25-16)24-14-20(11-12-20)17-9-4-5-10-18(17)21/h4-10H,3,11-14H2,1-2H3,(H2,22,23,24). The zero-order valence-corrected chi connectivity index (χ0v) is 16.4. The quantitative estimate of drug-likeness (QED) is 0.570. The maximum atomic E-state index is 4.69. The number of benzene rings is 1. The van der Waals surface area contributed by atoms with Gasteiger partial charge in [-0.2, -0.15) is 0 Å². The Labute approximate surface area is 158 Å². The van der Waals surface area contributed by atoms with Crippen LogP contribution in [0, 0.1) is 6.92 Å². The second kappa shape index (κ2) is 8.00. The fraction of sp³-hybridized carbons (Fsp3) is 0.400. The SMILES string of the molecule is CCNC(=NCc1cccc(C)n1)NCC1(c2ccccc2Br)CC1. The molecular weight excluding hydrogens is 376 g/mol. The zero-order chi connectivity index (χ0) is 17.7. The molecule has 0 atom stereocenters. The first-order valence-corrected chi connectivity index (χ1v) is 9.62. The lowest BCUT2D eigenvalue weighted by Gasteiger charge is -2.20. The number of hydrogen-bond donors (Lipinski definition) is 2. The van der Waals surface area contributed by atoms with Crippen molar-refractivity contribution < 1.29 is 0 Å². The van der Waals surface area contributed by atoms with E-state index < -0.39 is 0 Å². The van der Waals surface area contributed by atoms with Gasteiger partial charge in [-0.25, -0.2) is 4.99 Å². The van der Waals surface area contributed by atoms with Gasteiger partial charge in [-0.3, -0.25) is 4.98 Å². The van der Waals surface area contributed by atoms with Crippen molar-refractivity contribution in [1.82, 2.24) is 15.6 Å².